The molecular weight excluding hydrogens is 569 g/mol. The van der Waals surface area contributed by atoms with Crippen LogP contribution in [-0.2, 0) is 32.6 Å². The third-order valence-corrected chi connectivity index (χ3v) is 7.81. The molecule has 0 aliphatic carbocycles. The molecule has 3 aromatic carbocycles. The first-order chi connectivity index (χ1) is 18.0. The predicted molar refractivity (Wildman–Crippen MR) is 153 cm³/mol. The number of likely N-dealkylation sites (N-methyl/N-ethyl adjacent to an activating group) is 1. The summed E-state index contributed by atoms with van der Waals surface area (Å²) < 4.78 is 26.5. The summed E-state index contributed by atoms with van der Waals surface area (Å²) in [5.41, 5.74) is 1.55. The number of anilines is 1. The molecule has 0 saturated carbocycles. The van der Waals surface area contributed by atoms with Gasteiger partial charge in [-0.05, 0) is 42.3 Å². The van der Waals surface area contributed by atoms with Gasteiger partial charge in [0.15, 0.2) is 0 Å². The number of hydrogen-bond donors (Lipinski definition) is 1. The second kappa shape index (κ2) is 13.3. The number of amides is 2. The molecule has 0 aromatic heterocycles. The van der Waals surface area contributed by atoms with Crippen LogP contribution in [0.3, 0.4) is 0 Å². The average Bonchev–Trinajstić information content (AvgIpc) is 2.86. The van der Waals surface area contributed by atoms with Gasteiger partial charge in [-0.3, -0.25) is 13.9 Å². The van der Waals surface area contributed by atoms with Crippen molar-refractivity contribution in [3.05, 3.63) is 99.0 Å². The molecule has 0 spiro atoms. The highest BCUT2D eigenvalue weighted by molar-refractivity contribution is 7.92. The van der Waals surface area contributed by atoms with Crippen molar-refractivity contribution in [3.8, 4) is 0 Å². The molecule has 0 heterocycles. The molecule has 3 aromatic rings. The van der Waals surface area contributed by atoms with Gasteiger partial charge in [0.25, 0.3) is 0 Å². The number of hydrogen-bond acceptors (Lipinski definition) is 4. The van der Waals surface area contributed by atoms with Gasteiger partial charge in [-0.2, -0.15) is 0 Å². The van der Waals surface area contributed by atoms with Crippen LogP contribution in [0.25, 0.3) is 0 Å². The quantitative estimate of drug-likeness (QED) is 0.330. The summed E-state index contributed by atoms with van der Waals surface area (Å²) in [5.74, 6) is -0.972. The first-order valence-corrected chi connectivity index (χ1v) is 14.8. The Morgan fingerprint density at radius 1 is 0.921 bits per heavy atom. The van der Waals surface area contributed by atoms with E-state index in [0.717, 1.165) is 16.1 Å². The summed E-state index contributed by atoms with van der Waals surface area (Å²) in [4.78, 5) is 28.6. The van der Waals surface area contributed by atoms with Crippen molar-refractivity contribution in [1.29, 1.82) is 0 Å². The highest BCUT2D eigenvalue weighted by Gasteiger charge is 2.33. The van der Waals surface area contributed by atoms with Crippen molar-refractivity contribution in [2.24, 2.45) is 0 Å². The lowest BCUT2D eigenvalue weighted by Gasteiger charge is -2.33. The Kier molecular flexibility index (Phi) is 10.4. The third kappa shape index (κ3) is 7.86. The first-order valence-electron chi connectivity index (χ1n) is 11.8. The maximum atomic E-state index is 13.9. The van der Waals surface area contributed by atoms with Crippen LogP contribution in [0.5, 0.6) is 0 Å². The Hall–Kier alpha value is -2.78. The second-order valence-corrected chi connectivity index (χ2v) is 11.7. The molecule has 0 aliphatic rings. The summed E-state index contributed by atoms with van der Waals surface area (Å²) in [6.07, 6.45) is 1.19. The normalized spacial score (nSPS) is 12.0. The Labute approximate surface area is 238 Å². The molecule has 0 unspecified atom stereocenters. The lowest BCUT2D eigenvalue weighted by atomic mass is 10.0. The van der Waals surface area contributed by atoms with Gasteiger partial charge < -0.3 is 10.2 Å². The summed E-state index contributed by atoms with van der Waals surface area (Å²) in [6, 6.07) is 19.6. The molecule has 2 amide bonds. The van der Waals surface area contributed by atoms with Crippen molar-refractivity contribution in [2.45, 2.75) is 25.9 Å². The van der Waals surface area contributed by atoms with Crippen LogP contribution in [0.15, 0.2) is 72.8 Å². The number of benzene rings is 3. The fraction of sp³-hybridized carbons (Fsp3) is 0.259. The largest absolute Gasteiger partial charge is 0.355 e. The van der Waals surface area contributed by atoms with Crippen LogP contribution < -0.4 is 9.62 Å². The number of halogens is 3. The number of nitrogens with one attached hydrogen (secondary N) is 1. The molecule has 11 heteroatoms. The Bertz CT molecular complexity index is 1390. The van der Waals surface area contributed by atoms with Gasteiger partial charge in [-0.1, -0.05) is 83.3 Å². The Balaban J connectivity index is 2.07. The zero-order chi connectivity index (χ0) is 27.9. The van der Waals surface area contributed by atoms with Crippen molar-refractivity contribution < 1.29 is 18.0 Å². The molecule has 0 bridgehead atoms. The number of sulfonamides is 1. The fourth-order valence-electron chi connectivity index (χ4n) is 3.93. The fourth-order valence-corrected chi connectivity index (χ4v) is 5.55. The summed E-state index contributed by atoms with van der Waals surface area (Å²) in [6.45, 7) is 1.54. The summed E-state index contributed by atoms with van der Waals surface area (Å²) >= 11 is 18.7. The zero-order valence-corrected chi connectivity index (χ0v) is 24.0. The molecule has 3 rings (SSSR count). The van der Waals surface area contributed by atoms with E-state index in [-0.39, 0.29) is 29.6 Å². The number of carbonyl (C=O) groups is 2. The van der Waals surface area contributed by atoms with E-state index in [9.17, 15) is 18.0 Å². The van der Waals surface area contributed by atoms with Crippen LogP contribution in [-0.4, -0.2) is 50.5 Å². The molecule has 0 fully saturated rings. The smallest absolute Gasteiger partial charge is 0.244 e. The van der Waals surface area contributed by atoms with Gasteiger partial charge in [0, 0.05) is 29.6 Å². The zero-order valence-electron chi connectivity index (χ0n) is 20.9. The molecule has 202 valence electrons. The van der Waals surface area contributed by atoms with Gasteiger partial charge >= 0.3 is 0 Å². The lowest BCUT2D eigenvalue weighted by Crippen LogP contribution is -2.53. The van der Waals surface area contributed by atoms with Gasteiger partial charge in [0.05, 0.1) is 17.0 Å². The summed E-state index contributed by atoms with van der Waals surface area (Å²) in [7, 11) is -3.95. The molecule has 0 radical (unpaired) electrons. The van der Waals surface area contributed by atoms with E-state index in [1.807, 2.05) is 30.3 Å². The Morgan fingerprint density at radius 3 is 2.18 bits per heavy atom. The van der Waals surface area contributed by atoms with E-state index >= 15 is 0 Å². The third-order valence-electron chi connectivity index (χ3n) is 5.78. The van der Waals surface area contributed by atoms with Crippen LogP contribution in [0.2, 0.25) is 15.1 Å². The maximum absolute atomic E-state index is 13.9. The van der Waals surface area contributed by atoms with Crippen LogP contribution >= 0.6 is 34.8 Å². The van der Waals surface area contributed by atoms with E-state index in [0.29, 0.717) is 22.2 Å². The van der Waals surface area contributed by atoms with Gasteiger partial charge in [-0.25, -0.2) is 8.42 Å². The van der Waals surface area contributed by atoms with Gasteiger partial charge in [-0.15, -0.1) is 0 Å². The standard InChI is InChI=1S/C27H28Cl3N3O4S/c1-3-31-27(35)25(15-19-9-5-4-6-10-19)32(17-20-11-7-8-12-22(20)29)26(34)18-33(38(2,36)37)24-14-13-21(28)16-23(24)30/h4-14,16,25H,3,15,17-18H2,1-2H3,(H,31,35)/t25-/m0/s1. The van der Waals surface area contributed by atoms with Crippen molar-refractivity contribution >= 4 is 62.3 Å². The molecular formula is C27H28Cl3N3O4S. The minimum atomic E-state index is -3.95. The topological polar surface area (TPSA) is 86.8 Å². The van der Waals surface area contributed by atoms with Crippen molar-refractivity contribution in [1.82, 2.24) is 10.2 Å². The van der Waals surface area contributed by atoms with Crippen molar-refractivity contribution in [3.63, 3.8) is 0 Å². The van der Waals surface area contributed by atoms with E-state index < -0.39 is 28.5 Å². The van der Waals surface area contributed by atoms with Crippen LogP contribution in [0.1, 0.15) is 18.1 Å². The highest BCUT2D eigenvalue weighted by Crippen LogP contribution is 2.31. The monoisotopic (exact) mass is 595 g/mol. The molecule has 7 nitrogen and oxygen atoms in total. The molecule has 0 aliphatic heterocycles. The van der Waals surface area contributed by atoms with Gasteiger partial charge in [0.1, 0.15) is 12.6 Å². The molecule has 38 heavy (non-hydrogen) atoms. The van der Waals surface area contributed by atoms with E-state index in [4.69, 9.17) is 34.8 Å². The second-order valence-electron chi connectivity index (χ2n) is 8.58. The molecule has 0 saturated heterocycles. The van der Waals surface area contributed by atoms with E-state index in [2.05, 4.69) is 5.32 Å². The summed E-state index contributed by atoms with van der Waals surface area (Å²) in [5, 5.41) is 3.60. The van der Waals surface area contributed by atoms with Gasteiger partial charge in [0.2, 0.25) is 21.8 Å². The average molecular weight is 597 g/mol. The maximum Gasteiger partial charge on any atom is 0.244 e. The minimum absolute atomic E-state index is 0.0148. The molecule has 1 atom stereocenters. The predicted octanol–water partition coefficient (Wildman–Crippen LogP) is 5.19. The van der Waals surface area contributed by atoms with Crippen LogP contribution in [0, 0.1) is 0 Å². The van der Waals surface area contributed by atoms with E-state index in [1.54, 1.807) is 31.2 Å². The number of nitrogens with zero attached hydrogens (tertiary/aromatic N) is 2. The number of rotatable bonds is 11. The first kappa shape index (κ1) is 29.8. The Morgan fingerprint density at radius 2 is 1.58 bits per heavy atom. The van der Waals surface area contributed by atoms with Crippen molar-refractivity contribution in [2.75, 3.05) is 23.7 Å². The SMILES string of the molecule is CCNC(=O)[C@H](Cc1ccccc1)N(Cc1ccccc1Cl)C(=O)CN(c1ccc(Cl)cc1Cl)S(C)(=O)=O. The van der Waals surface area contributed by atoms with Crippen LogP contribution in [0.4, 0.5) is 5.69 Å². The highest BCUT2D eigenvalue weighted by atomic mass is 35.5. The lowest BCUT2D eigenvalue weighted by molar-refractivity contribution is -0.140. The number of carbonyl (C=O) groups excluding carboxylic acids is 2. The van der Waals surface area contributed by atoms with E-state index in [1.165, 1.54) is 23.1 Å². The minimum Gasteiger partial charge on any atom is -0.355 e. The molecule has 1 N–H and O–H groups in total.